The number of phenols is 1. The van der Waals surface area contributed by atoms with Gasteiger partial charge in [-0.1, -0.05) is 12.1 Å². The minimum atomic E-state index is 0.190. The van der Waals surface area contributed by atoms with Gasteiger partial charge >= 0.3 is 0 Å². The van der Waals surface area contributed by atoms with Gasteiger partial charge in [0.1, 0.15) is 5.75 Å². The third kappa shape index (κ3) is 2.82. The van der Waals surface area contributed by atoms with E-state index < -0.39 is 0 Å². The number of hydrogen-bond donors (Lipinski definition) is 2. The van der Waals surface area contributed by atoms with Gasteiger partial charge in [0.2, 0.25) is 0 Å². The van der Waals surface area contributed by atoms with E-state index in [1.807, 2.05) is 19.9 Å². The maximum Gasteiger partial charge on any atom is 0.168 e. The molecule has 0 aliphatic rings. The number of aromatic nitrogens is 2. The number of hydrogen-bond acceptors (Lipinski definition) is 5. The van der Waals surface area contributed by atoms with E-state index in [0.717, 1.165) is 5.71 Å². The summed E-state index contributed by atoms with van der Waals surface area (Å²) in [4.78, 5) is 0. The molecule has 2 rings (SSSR count). The van der Waals surface area contributed by atoms with E-state index in [2.05, 4.69) is 20.7 Å². The van der Waals surface area contributed by atoms with Crippen LogP contribution in [-0.2, 0) is 0 Å². The maximum absolute atomic E-state index is 9.70. The largest absolute Gasteiger partial charge is 0.507 e. The average molecular weight is 242 g/mol. The number of para-hydroxylation sites is 1. The van der Waals surface area contributed by atoms with Crippen LogP contribution in [0.1, 0.15) is 13.8 Å². The summed E-state index contributed by atoms with van der Waals surface area (Å²) in [5.41, 5.74) is 4.97. The lowest BCUT2D eigenvalue weighted by Crippen LogP contribution is -1.97. The van der Waals surface area contributed by atoms with Crippen LogP contribution in [0.15, 0.2) is 41.5 Å². The Kier molecular flexibility index (Phi) is 3.52. The number of benzene rings is 1. The van der Waals surface area contributed by atoms with E-state index >= 15 is 0 Å². The van der Waals surface area contributed by atoms with Crippen molar-refractivity contribution >= 4 is 11.5 Å². The van der Waals surface area contributed by atoms with E-state index in [4.69, 9.17) is 0 Å². The van der Waals surface area contributed by atoms with E-state index in [1.54, 1.807) is 30.3 Å². The van der Waals surface area contributed by atoms with E-state index in [1.165, 1.54) is 0 Å². The van der Waals surface area contributed by atoms with Crippen LogP contribution in [0.25, 0.3) is 11.3 Å². The van der Waals surface area contributed by atoms with Gasteiger partial charge in [-0.15, -0.1) is 10.2 Å². The number of hydrazone groups is 1. The summed E-state index contributed by atoms with van der Waals surface area (Å²) >= 11 is 0. The third-order valence-corrected chi connectivity index (χ3v) is 2.24. The van der Waals surface area contributed by atoms with Gasteiger partial charge in [0, 0.05) is 11.3 Å². The molecule has 5 nitrogen and oxygen atoms in total. The second-order valence-electron chi connectivity index (χ2n) is 3.99. The molecule has 0 atom stereocenters. The molecule has 0 saturated carbocycles. The van der Waals surface area contributed by atoms with Gasteiger partial charge in [0.25, 0.3) is 0 Å². The SMILES string of the molecule is CC(C)=NNc1ccc(-c2ccccc2O)nn1. The zero-order valence-corrected chi connectivity index (χ0v) is 10.3. The molecule has 0 fully saturated rings. The quantitative estimate of drug-likeness (QED) is 0.641. The number of nitrogens with zero attached hydrogens (tertiary/aromatic N) is 3. The minimum Gasteiger partial charge on any atom is -0.507 e. The molecule has 0 unspecified atom stereocenters. The van der Waals surface area contributed by atoms with Gasteiger partial charge in [0.05, 0.1) is 5.69 Å². The molecule has 18 heavy (non-hydrogen) atoms. The van der Waals surface area contributed by atoms with Crippen LogP contribution in [0.3, 0.4) is 0 Å². The molecule has 0 spiro atoms. The Morgan fingerprint density at radius 3 is 2.50 bits per heavy atom. The van der Waals surface area contributed by atoms with E-state index in [-0.39, 0.29) is 5.75 Å². The fourth-order valence-electron chi connectivity index (χ4n) is 1.39. The lowest BCUT2D eigenvalue weighted by Gasteiger charge is -2.04. The Labute approximate surface area is 105 Å². The standard InChI is InChI=1S/C13H14N4O/c1-9(2)14-16-13-8-7-11(15-17-13)10-5-3-4-6-12(10)18/h3-8,18H,1-2H3,(H,16,17). The Hall–Kier alpha value is -2.43. The normalized spacial score (nSPS) is 9.89. The number of aromatic hydroxyl groups is 1. The molecule has 0 radical (unpaired) electrons. The predicted molar refractivity (Wildman–Crippen MR) is 71.5 cm³/mol. The van der Waals surface area contributed by atoms with Crippen molar-refractivity contribution in [3.05, 3.63) is 36.4 Å². The fraction of sp³-hybridized carbons (Fsp3) is 0.154. The van der Waals surface area contributed by atoms with Crippen LogP contribution >= 0.6 is 0 Å². The van der Waals surface area contributed by atoms with Crippen molar-refractivity contribution < 1.29 is 5.11 Å². The lowest BCUT2D eigenvalue weighted by atomic mass is 10.1. The van der Waals surface area contributed by atoms with Crippen molar-refractivity contribution in [2.24, 2.45) is 5.10 Å². The summed E-state index contributed by atoms with van der Waals surface area (Å²) in [6.07, 6.45) is 0. The van der Waals surface area contributed by atoms with Crippen LogP contribution in [0.2, 0.25) is 0 Å². The van der Waals surface area contributed by atoms with Crippen molar-refractivity contribution in [3.8, 4) is 17.0 Å². The van der Waals surface area contributed by atoms with Crippen molar-refractivity contribution in [2.75, 3.05) is 5.43 Å². The monoisotopic (exact) mass is 242 g/mol. The molecular formula is C13H14N4O. The topological polar surface area (TPSA) is 70.4 Å². The Morgan fingerprint density at radius 1 is 1.11 bits per heavy atom. The van der Waals surface area contributed by atoms with Gasteiger partial charge in [-0.25, -0.2) is 0 Å². The van der Waals surface area contributed by atoms with Crippen molar-refractivity contribution in [2.45, 2.75) is 13.8 Å². The first-order valence-electron chi connectivity index (χ1n) is 5.56. The fourth-order valence-corrected chi connectivity index (χ4v) is 1.39. The Bertz CT molecular complexity index is 559. The van der Waals surface area contributed by atoms with E-state index in [9.17, 15) is 5.11 Å². The summed E-state index contributed by atoms with van der Waals surface area (Å²) in [7, 11) is 0. The van der Waals surface area contributed by atoms with Crippen LogP contribution in [0.4, 0.5) is 5.82 Å². The molecule has 0 aliphatic carbocycles. The molecule has 1 aromatic heterocycles. The number of anilines is 1. The first kappa shape index (κ1) is 12.0. The summed E-state index contributed by atoms with van der Waals surface area (Å²) in [6.45, 7) is 3.77. The number of nitrogens with one attached hydrogen (secondary N) is 1. The molecule has 0 aliphatic heterocycles. The molecule has 0 bridgehead atoms. The lowest BCUT2D eigenvalue weighted by molar-refractivity contribution is 0.477. The summed E-state index contributed by atoms with van der Waals surface area (Å²) < 4.78 is 0. The molecule has 92 valence electrons. The highest BCUT2D eigenvalue weighted by Gasteiger charge is 2.05. The van der Waals surface area contributed by atoms with Crippen molar-refractivity contribution in [1.82, 2.24) is 10.2 Å². The molecule has 5 heteroatoms. The molecule has 0 amide bonds. The predicted octanol–water partition coefficient (Wildman–Crippen LogP) is 2.66. The number of phenolic OH excluding ortho intramolecular Hbond substituents is 1. The highest BCUT2D eigenvalue weighted by atomic mass is 16.3. The first-order chi connectivity index (χ1) is 8.66. The van der Waals surface area contributed by atoms with Crippen molar-refractivity contribution in [3.63, 3.8) is 0 Å². The second kappa shape index (κ2) is 5.27. The van der Waals surface area contributed by atoms with Crippen LogP contribution in [0, 0.1) is 0 Å². The van der Waals surface area contributed by atoms with Gasteiger partial charge in [-0.05, 0) is 38.1 Å². The molecule has 0 saturated heterocycles. The average Bonchev–Trinajstić information content (AvgIpc) is 2.38. The molecular weight excluding hydrogens is 228 g/mol. The molecule has 1 aromatic carbocycles. The molecule has 1 heterocycles. The zero-order chi connectivity index (χ0) is 13.0. The van der Waals surface area contributed by atoms with Crippen LogP contribution < -0.4 is 5.43 Å². The minimum absolute atomic E-state index is 0.190. The maximum atomic E-state index is 9.70. The summed E-state index contributed by atoms with van der Waals surface area (Å²) in [5.74, 6) is 0.755. The molecule has 2 aromatic rings. The van der Waals surface area contributed by atoms with Gasteiger partial charge in [-0.3, -0.25) is 5.43 Å². The second-order valence-corrected chi connectivity index (χ2v) is 3.99. The van der Waals surface area contributed by atoms with Gasteiger partial charge < -0.3 is 5.11 Å². The molecule has 2 N–H and O–H groups in total. The highest BCUT2D eigenvalue weighted by Crippen LogP contribution is 2.26. The number of rotatable bonds is 3. The summed E-state index contributed by atoms with van der Waals surface area (Å²) in [6, 6.07) is 10.6. The van der Waals surface area contributed by atoms with Gasteiger partial charge in [-0.2, -0.15) is 5.10 Å². The summed E-state index contributed by atoms with van der Waals surface area (Å²) in [5, 5.41) is 21.8. The highest BCUT2D eigenvalue weighted by molar-refractivity contribution is 5.79. The zero-order valence-electron chi connectivity index (χ0n) is 10.3. The van der Waals surface area contributed by atoms with Crippen LogP contribution in [-0.4, -0.2) is 21.0 Å². The van der Waals surface area contributed by atoms with Gasteiger partial charge in [0.15, 0.2) is 5.82 Å². The van der Waals surface area contributed by atoms with E-state index in [0.29, 0.717) is 17.1 Å². The Balaban J connectivity index is 2.23. The third-order valence-electron chi connectivity index (χ3n) is 2.24. The van der Waals surface area contributed by atoms with Crippen molar-refractivity contribution in [1.29, 1.82) is 0 Å². The van der Waals surface area contributed by atoms with Crippen LogP contribution in [0.5, 0.6) is 5.75 Å². The first-order valence-corrected chi connectivity index (χ1v) is 5.56. The smallest absolute Gasteiger partial charge is 0.168 e. The Morgan fingerprint density at radius 2 is 1.89 bits per heavy atom.